The second-order valence-corrected chi connectivity index (χ2v) is 8.02. The van der Waals surface area contributed by atoms with E-state index in [2.05, 4.69) is 33.9 Å². The van der Waals surface area contributed by atoms with Gasteiger partial charge >= 0.3 is 5.97 Å². The molecule has 1 fully saturated rings. The number of carbonyl (C=O) groups excluding carboxylic acids is 3. The number of nitrogens with one attached hydrogen (secondary N) is 4. The molecule has 30 heavy (non-hydrogen) atoms. The van der Waals surface area contributed by atoms with Gasteiger partial charge in [0.05, 0.1) is 12.1 Å². The van der Waals surface area contributed by atoms with Gasteiger partial charge in [-0.25, -0.2) is 4.79 Å². The summed E-state index contributed by atoms with van der Waals surface area (Å²) in [5.74, 6) is -3.00. The zero-order valence-corrected chi connectivity index (χ0v) is 18.6. The van der Waals surface area contributed by atoms with Crippen LogP contribution in [0, 0.1) is 5.92 Å². The fourth-order valence-electron chi connectivity index (χ4n) is 3.15. The van der Waals surface area contributed by atoms with Crippen LogP contribution in [0.25, 0.3) is 0 Å². The van der Waals surface area contributed by atoms with Gasteiger partial charge < -0.3 is 31.5 Å². The average Bonchev–Trinajstić information content (AvgIpc) is 3.14. The zero-order chi connectivity index (χ0) is 22.8. The molecule has 3 amide bonds. The Hall–Kier alpha value is -1.85. The average molecular weight is 447 g/mol. The van der Waals surface area contributed by atoms with E-state index in [-0.39, 0.29) is 24.0 Å². The standard InChI is InChI=1S/C19H34N4O6S/c1-4-6-12(16(25)22-14(9-30)19(28)29)21-18(27)15(10(3)5-2)23-17(26)13-7-11(24)8-20-13/h10-15,20,24,30H,4-9H2,1-3H3,(H,21,27)(H,22,25)(H,23,26)(H,28,29)/t10-,11+,12-,13-,14-,15-/m0/s1. The van der Waals surface area contributed by atoms with E-state index in [1.807, 2.05) is 20.8 Å². The summed E-state index contributed by atoms with van der Waals surface area (Å²) < 4.78 is 0. The highest BCUT2D eigenvalue weighted by Crippen LogP contribution is 2.12. The molecule has 1 saturated heterocycles. The van der Waals surface area contributed by atoms with Gasteiger partial charge in [0.2, 0.25) is 17.7 Å². The largest absolute Gasteiger partial charge is 0.480 e. The molecule has 1 rings (SSSR count). The summed E-state index contributed by atoms with van der Waals surface area (Å²) in [5.41, 5.74) is 0. The van der Waals surface area contributed by atoms with Crippen molar-refractivity contribution in [1.29, 1.82) is 0 Å². The summed E-state index contributed by atoms with van der Waals surface area (Å²) in [6, 6.07) is -3.55. The van der Waals surface area contributed by atoms with Gasteiger partial charge in [0.25, 0.3) is 0 Å². The molecule has 1 heterocycles. The molecule has 0 unspecified atom stereocenters. The molecule has 0 aromatic rings. The number of aliphatic hydroxyl groups excluding tert-OH is 1. The molecule has 0 aromatic heterocycles. The van der Waals surface area contributed by atoms with Crippen molar-refractivity contribution >= 4 is 36.3 Å². The fourth-order valence-corrected chi connectivity index (χ4v) is 3.40. The number of β-amino-alcohol motifs (C(OH)–C–C–N with tert-alkyl or cyclic N) is 1. The Morgan fingerprint density at radius 2 is 1.73 bits per heavy atom. The van der Waals surface area contributed by atoms with Gasteiger partial charge in [-0.2, -0.15) is 12.6 Å². The second-order valence-electron chi connectivity index (χ2n) is 7.65. The minimum absolute atomic E-state index is 0.0837. The summed E-state index contributed by atoms with van der Waals surface area (Å²) in [4.78, 5) is 49.1. The lowest BCUT2D eigenvalue weighted by atomic mass is 9.97. The molecule has 1 aliphatic rings. The lowest BCUT2D eigenvalue weighted by Gasteiger charge is -2.27. The van der Waals surface area contributed by atoms with E-state index in [9.17, 15) is 24.3 Å². The number of rotatable bonds is 12. The van der Waals surface area contributed by atoms with Gasteiger partial charge in [-0.05, 0) is 18.8 Å². The van der Waals surface area contributed by atoms with Crippen LogP contribution in [-0.2, 0) is 19.2 Å². The summed E-state index contributed by atoms with van der Waals surface area (Å²) in [7, 11) is 0. The third kappa shape index (κ3) is 7.77. The molecule has 6 N–H and O–H groups in total. The molecular weight excluding hydrogens is 412 g/mol. The topological polar surface area (TPSA) is 157 Å². The summed E-state index contributed by atoms with van der Waals surface area (Å²) in [5, 5.41) is 29.4. The maximum atomic E-state index is 12.9. The molecule has 172 valence electrons. The number of carbonyl (C=O) groups is 4. The van der Waals surface area contributed by atoms with E-state index < -0.39 is 48.1 Å². The highest BCUT2D eigenvalue weighted by Gasteiger charge is 2.34. The Morgan fingerprint density at radius 3 is 2.20 bits per heavy atom. The number of amides is 3. The molecule has 0 aromatic carbocycles. The van der Waals surface area contributed by atoms with E-state index in [0.29, 0.717) is 25.8 Å². The van der Waals surface area contributed by atoms with Crippen LogP contribution in [0.5, 0.6) is 0 Å². The Labute approximate surface area is 182 Å². The summed E-state index contributed by atoms with van der Waals surface area (Å²) in [6.07, 6.45) is 1.17. The van der Waals surface area contributed by atoms with Crippen molar-refractivity contribution in [2.24, 2.45) is 5.92 Å². The molecule has 10 nitrogen and oxygen atoms in total. The van der Waals surface area contributed by atoms with Crippen molar-refractivity contribution in [2.45, 2.75) is 76.7 Å². The van der Waals surface area contributed by atoms with Crippen LogP contribution in [0.2, 0.25) is 0 Å². The van der Waals surface area contributed by atoms with Crippen LogP contribution in [-0.4, -0.2) is 76.5 Å². The number of thiol groups is 1. The summed E-state index contributed by atoms with van der Waals surface area (Å²) in [6.45, 7) is 5.85. The van der Waals surface area contributed by atoms with Gasteiger partial charge in [-0.15, -0.1) is 0 Å². The summed E-state index contributed by atoms with van der Waals surface area (Å²) >= 11 is 3.92. The Balaban J connectivity index is 2.85. The third-order valence-electron chi connectivity index (χ3n) is 5.22. The van der Waals surface area contributed by atoms with Crippen molar-refractivity contribution < 1.29 is 29.4 Å². The molecule has 6 atom stereocenters. The minimum atomic E-state index is -1.21. The van der Waals surface area contributed by atoms with Crippen molar-refractivity contribution in [3.8, 4) is 0 Å². The minimum Gasteiger partial charge on any atom is -0.480 e. The van der Waals surface area contributed by atoms with Crippen molar-refractivity contribution in [1.82, 2.24) is 21.3 Å². The first-order chi connectivity index (χ1) is 14.1. The number of carboxylic acid groups (broad SMARTS) is 1. The van der Waals surface area contributed by atoms with Crippen LogP contribution in [0.4, 0.5) is 0 Å². The SMILES string of the molecule is CCC[C@H](NC(=O)[C@@H](NC(=O)[C@@H]1C[C@@H](O)CN1)[C@@H](C)CC)C(=O)N[C@@H](CS)C(=O)O. The normalized spacial score (nSPS) is 22.4. The van der Waals surface area contributed by atoms with Crippen LogP contribution in [0.1, 0.15) is 46.5 Å². The van der Waals surface area contributed by atoms with Crippen molar-refractivity contribution in [3.63, 3.8) is 0 Å². The van der Waals surface area contributed by atoms with Crippen molar-refractivity contribution in [2.75, 3.05) is 12.3 Å². The number of carboxylic acids is 1. The first-order valence-electron chi connectivity index (χ1n) is 10.3. The van der Waals surface area contributed by atoms with E-state index >= 15 is 0 Å². The van der Waals surface area contributed by atoms with E-state index in [1.165, 1.54) is 0 Å². The smallest absolute Gasteiger partial charge is 0.327 e. The third-order valence-corrected chi connectivity index (χ3v) is 5.59. The van der Waals surface area contributed by atoms with Gasteiger partial charge in [0.1, 0.15) is 18.1 Å². The van der Waals surface area contributed by atoms with Crippen LogP contribution < -0.4 is 21.3 Å². The number of hydrogen-bond acceptors (Lipinski definition) is 7. The molecule has 0 aliphatic carbocycles. The van der Waals surface area contributed by atoms with E-state index in [1.54, 1.807) is 0 Å². The predicted octanol–water partition coefficient (Wildman–Crippen LogP) is -0.976. The molecule has 0 spiro atoms. The Morgan fingerprint density at radius 1 is 1.10 bits per heavy atom. The van der Waals surface area contributed by atoms with Gasteiger partial charge in [0, 0.05) is 12.3 Å². The molecule has 0 radical (unpaired) electrons. The number of aliphatic carboxylic acids is 1. The van der Waals surface area contributed by atoms with Crippen molar-refractivity contribution in [3.05, 3.63) is 0 Å². The molecule has 0 saturated carbocycles. The maximum Gasteiger partial charge on any atom is 0.327 e. The zero-order valence-electron chi connectivity index (χ0n) is 17.7. The quantitative estimate of drug-likeness (QED) is 0.190. The van der Waals surface area contributed by atoms with Gasteiger partial charge in [-0.1, -0.05) is 33.6 Å². The molecular formula is C19H34N4O6S. The Kier molecular flexibility index (Phi) is 11.1. The number of aliphatic hydroxyl groups is 1. The van der Waals surface area contributed by atoms with E-state index in [4.69, 9.17) is 5.11 Å². The first-order valence-corrected chi connectivity index (χ1v) is 10.9. The molecule has 1 aliphatic heterocycles. The van der Waals surface area contributed by atoms with Crippen LogP contribution in [0.15, 0.2) is 0 Å². The van der Waals surface area contributed by atoms with Gasteiger partial charge in [0.15, 0.2) is 0 Å². The van der Waals surface area contributed by atoms with Crippen LogP contribution >= 0.6 is 12.6 Å². The predicted molar refractivity (Wildman–Crippen MR) is 114 cm³/mol. The molecule has 11 heteroatoms. The van der Waals surface area contributed by atoms with E-state index in [0.717, 1.165) is 0 Å². The lowest BCUT2D eigenvalue weighted by Crippen LogP contribution is -2.58. The maximum absolute atomic E-state index is 12.9. The highest BCUT2D eigenvalue weighted by atomic mass is 32.1. The van der Waals surface area contributed by atoms with Crippen LogP contribution in [0.3, 0.4) is 0 Å². The molecule has 0 bridgehead atoms. The lowest BCUT2D eigenvalue weighted by molar-refractivity contribution is -0.141. The second kappa shape index (κ2) is 12.8. The highest BCUT2D eigenvalue weighted by molar-refractivity contribution is 7.80. The number of hydrogen-bond donors (Lipinski definition) is 7. The Bertz CT molecular complexity index is 620. The van der Waals surface area contributed by atoms with Gasteiger partial charge in [-0.3, -0.25) is 14.4 Å². The monoisotopic (exact) mass is 446 g/mol. The first kappa shape index (κ1) is 26.2. The fraction of sp³-hybridized carbons (Fsp3) is 0.789.